The van der Waals surface area contributed by atoms with E-state index < -0.39 is 12.1 Å². The van der Waals surface area contributed by atoms with Gasteiger partial charge in [0.1, 0.15) is 11.8 Å². The predicted octanol–water partition coefficient (Wildman–Crippen LogP) is 4.02. The molecule has 2 aromatic rings. The van der Waals surface area contributed by atoms with Crippen molar-refractivity contribution in [3.8, 4) is 5.75 Å². The van der Waals surface area contributed by atoms with E-state index in [9.17, 15) is 14.4 Å². The van der Waals surface area contributed by atoms with E-state index in [2.05, 4.69) is 16.0 Å². The van der Waals surface area contributed by atoms with Gasteiger partial charge in [0, 0.05) is 16.8 Å². The summed E-state index contributed by atoms with van der Waals surface area (Å²) in [7, 11) is 1.52. The minimum atomic E-state index is -0.925. The Bertz CT molecular complexity index is 1030. The molecule has 0 radical (unpaired) electrons. The molecule has 2 aliphatic rings. The monoisotopic (exact) mass is 470 g/mol. The molecule has 1 saturated heterocycles. The third-order valence-electron chi connectivity index (χ3n) is 6.14. The van der Waals surface area contributed by atoms with Gasteiger partial charge in [-0.3, -0.25) is 9.59 Å². The molecule has 3 atom stereocenters. The molecule has 2 fully saturated rings. The molecule has 4 rings (SSSR count). The molecule has 9 heteroatoms. The van der Waals surface area contributed by atoms with Gasteiger partial charge in [-0.25, -0.2) is 4.79 Å². The number of benzene rings is 2. The predicted molar refractivity (Wildman–Crippen MR) is 127 cm³/mol. The molecule has 0 bridgehead atoms. The Morgan fingerprint density at radius 2 is 1.82 bits per heavy atom. The van der Waals surface area contributed by atoms with Gasteiger partial charge in [-0.1, -0.05) is 36.6 Å². The first-order chi connectivity index (χ1) is 16.0. The molecule has 1 aliphatic heterocycles. The van der Waals surface area contributed by atoms with Crippen LogP contribution in [0, 0.1) is 0 Å². The minimum absolute atomic E-state index is 0.115. The molecule has 1 heterocycles. The highest BCUT2D eigenvalue weighted by Gasteiger charge is 2.46. The fourth-order valence-electron chi connectivity index (χ4n) is 4.58. The lowest BCUT2D eigenvalue weighted by Crippen LogP contribution is -2.68. The van der Waals surface area contributed by atoms with Crippen molar-refractivity contribution in [3.05, 3.63) is 53.6 Å². The van der Waals surface area contributed by atoms with Crippen LogP contribution < -0.4 is 20.7 Å². The van der Waals surface area contributed by atoms with Crippen LogP contribution in [-0.4, -0.2) is 48.0 Å². The van der Waals surface area contributed by atoms with Crippen molar-refractivity contribution in [2.24, 2.45) is 0 Å². The van der Waals surface area contributed by atoms with Gasteiger partial charge in [-0.15, -0.1) is 0 Å². The lowest BCUT2D eigenvalue weighted by molar-refractivity contribution is -0.135. The van der Waals surface area contributed by atoms with Gasteiger partial charge in [-0.2, -0.15) is 0 Å². The Morgan fingerprint density at radius 3 is 2.58 bits per heavy atom. The topological polar surface area (TPSA) is 99.8 Å². The van der Waals surface area contributed by atoms with Crippen LogP contribution in [0.3, 0.4) is 0 Å². The Labute approximate surface area is 197 Å². The van der Waals surface area contributed by atoms with E-state index in [0.717, 1.165) is 25.7 Å². The number of fused-ring (bicyclic) bond motifs is 1. The number of halogens is 1. The number of nitrogens with zero attached hydrogens (tertiary/aromatic N) is 1. The second kappa shape index (κ2) is 10.1. The Kier molecular flexibility index (Phi) is 7.03. The number of hydrogen-bond acceptors (Lipinski definition) is 4. The standard InChI is InChI=1S/C24H27ClN4O4/c1-33-21-9-5-3-7-18(21)27-22(30)14-20-23(31)28-17-6-2-4-8-19(17)29(20)24(32)26-16-12-10-15(25)11-13-16/h3,5,7,9-13,17,19-20H,2,4,6,8,14H2,1H3,(H,26,32)(H,27,30)(H,28,31)/t17-,19+,20+/m1/s1. The van der Waals surface area contributed by atoms with Crippen molar-refractivity contribution >= 4 is 40.8 Å². The quantitative estimate of drug-likeness (QED) is 0.614. The SMILES string of the molecule is COc1ccccc1NC(=O)C[C@H]1C(=O)N[C@@H]2CCCC[C@@H]2N1C(=O)Nc1ccc(Cl)cc1. The summed E-state index contributed by atoms with van der Waals surface area (Å²) in [4.78, 5) is 40.8. The molecule has 0 spiro atoms. The number of nitrogens with one attached hydrogen (secondary N) is 3. The molecule has 1 saturated carbocycles. The third-order valence-corrected chi connectivity index (χ3v) is 6.39. The number of urea groups is 1. The summed E-state index contributed by atoms with van der Waals surface area (Å²) in [5.41, 5.74) is 1.08. The van der Waals surface area contributed by atoms with E-state index in [1.807, 2.05) is 0 Å². The van der Waals surface area contributed by atoms with Crippen LogP contribution in [0.25, 0.3) is 0 Å². The molecule has 1 aliphatic carbocycles. The average Bonchev–Trinajstić information content (AvgIpc) is 2.81. The Morgan fingerprint density at radius 1 is 1.09 bits per heavy atom. The van der Waals surface area contributed by atoms with Crippen LogP contribution in [0.1, 0.15) is 32.1 Å². The molecule has 4 amide bonds. The van der Waals surface area contributed by atoms with Crippen LogP contribution in [0.4, 0.5) is 16.2 Å². The number of para-hydroxylation sites is 2. The average molecular weight is 471 g/mol. The number of hydrogen-bond donors (Lipinski definition) is 3. The molecule has 33 heavy (non-hydrogen) atoms. The summed E-state index contributed by atoms with van der Waals surface area (Å²) in [6.07, 6.45) is 3.36. The van der Waals surface area contributed by atoms with Crippen LogP contribution in [0.5, 0.6) is 5.75 Å². The van der Waals surface area contributed by atoms with Gasteiger partial charge < -0.3 is 25.6 Å². The van der Waals surface area contributed by atoms with Crippen LogP contribution in [-0.2, 0) is 9.59 Å². The van der Waals surface area contributed by atoms with E-state index in [0.29, 0.717) is 22.1 Å². The summed E-state index contributed by atoms with van der Waals surface area (Å²) >= 11 is 5.95. The third kappa shape index (κ3) is 5.22. The second-order valence-corrected chi connectivity index (χ2v) is 8.72. The summed E-state index contributed by atoms with van der Waals surface area (Å²) in [5.74, 6) is -0.179. The molecular formula is C24H27ClN4O4. The van der Waals surface area contributed by atoms with Crippen molar-refractivity contribution in [2.75, 3.05) is 17.7 Å². The Balaban J connectivity index is 1.55. The fourth-order valence-corrected chi connectivity index (χ4v) is 4.70. The Hall–Kier alpha value is -3.26. The largest absolute Gasteiger partial charge is 0.495 e. The maximum absolute atomic E-state index is 13.4. The van der Waals surface area contributed by atoms with E-state index in [4.69, 9.17) is 16.3 Å². The molecule has 3 N–H and O–H groups in total. The van der Waals surface area contributed by atoms with Gasteiger partial charge in [0.15, 0.2) is 0 Å². The highest BCUT2D eigenvalue weighted by Crippen LogP contribution is 2.31. The van der Waals surface area contributed by atoms with Gasteiger partial charge in [-0.05, 0) is 49.2 Å². The fraction of sp³-hybridized carbons (Fsp3) is 0.375. The summed E-state index contributed by atoms with van der Waals surface area (Å²) in [6.45, 7) is 0. The second-order valence-electron chi connectivity index (χ2n) is 8.28. The summed E-state index contributed by atoms with van der Waals surface area (Å²) in [5, 5.41) is 9.25. The number of carbonyl (C=O) groups is 3. The number of ether oxygens (including phenoxy) is 1. The normalized spacial score (nSPS) is 22.1. The lowest BCUT2D eigenvalue weighted by atomic mass is 9.85. The lowest BCUT2D eigenvalue weighted by Gasteiger charge is -2.47. The molecule has 2 aromatic carbocycles. The number of methoxy groups -OCH3 is 1. The van der Waals surface area contributed by atoms with Crippen molar-refractivity contribution < 1.29 is 19.1 Å². The van der Waals surface area contributed by atoms with Crippen LogP contribution >= 0.6 is 11.6 Å². The molecule has 8 nitrogen and oxygen atoms in total. The molecule has 0 unspecified atom stereocenters. The maximum Gasteiger partial charge on any atom is 0.322 e. The highest BCUT2D eigenvalue weighted by molar-refractivity contribution is 6.30. The van der Waals surface area contributed by atoms with E-state index in [1.165, 1.54) is 7.11 Å². The zero-order valence-corrected chi connectivity index (χ0v) is 19.1. The minimum Gasteiger partial charge on any atom is -0.495 e. The number of anilines is 2. The number of carbonyl (C=O) groups excluding carboxylic acids is 3. The van der Waals surface area contributed by atoms with Crippen molar-refractivity contribution in [1.29, 1.82) is 0 Å². The van der Waals surface area contributed by atoms with Crippen molar-refractivity contribution in [1.82, 2.24) is 10.2 Å². The summed E-state index contributed by atoms with van der Waals surface area (Å²) in [6, 6.07) is 12.2. The number of amides is 4. The van der Waals surface area contributed by atoms with Gasteiger partial charge in [0.25, 0.3) is 0 Å². The maximum atomic E-state index is 13.4. The van der Waals surface area contributed by atoms with E-state index in [-0.39, 0.29) is 30.3 Å². The smallest absolute Gasteiger partial charge is 0.322 e. The van der Waals surface area contributed by atoms with Crippen LogP contribution in [0.2, 0.25) is 5.02 Å². The summed E-state index contributed by atoms with van der Waals surface area (Å²) < 4.78 is 5.28. The van der Waals surface area contributed by atoms with Crippen molar-refractivity contribution in [3.63, 3.8) is 0 Å². The first-order valence-electron chi connectivity index (χ1n) is 11.0. The van der Waals surface area contributed by atoms with Gasteiger partial charge in [0.05, 0.1) is 25.3 Å². The van der Waals surface area contributed by atoms with Crippen molar-refractivity contribution in [2.45, 2.75) is 50.2 Å². The first kappa shape index (κ1) is 22.9. The first-order valence-corrected chi connectivity index (χ1v) is 11.4. The highest BCUT2D eigenvalue weighted by atomic mass is 35.5. The van der Waals surface area contributed by atoms with Crippen LogP contribution in [0.15, 0.2) is 48.5 Å². The van der Waals surface area contributed by atoms with E-state index in [1.54, 1.807) is 53.4 Å². The van der Waals surface area contributed by atoms with E-state index >= 15 is 0 Å². The number of rotatable bonds is 5. The van der Waals surface area contributed by atoms with Gasteiger partial charge in [0.2, 0.25) is 11.8 Å². The zero-order chi connectivity index (χ0) is 23.4. The molecule has 0 aromatic heterocycles. The number of piperazine rings is 1. The zero-order valence-electron chi connectivity index (χ0n) is 18.3. The van der Waals surface area contributed by atoms with Gasteiger partial charge >= 0.3 is 6.03 Å². The molecule has 174 valence electrons. The molecular weight excluding hydrogens is 444 g/mol.